The van der Waals surface area contributed by atoms with E-state index in [9.17, 15) is 24.2 Å². The van der Waals surface area contributed by atoms with Crippen molar-refractivity contribution < 1.29 is 42.7 Å². The topological polar surface area (TPSA) is 129 Å². The molecule has 6 aliphatic carbocycles. The number of hydrogen-bond acceptors (Lipinski definition) is 8. The first kappa shape index (κ1) is 37.7. The molecule has 6 fully saturated rings. The molecule has 0 aliphatic heterocycles. The molecule has 10 heteroatoms. The third kappa shape index (κ3) is 10.3. The first-order chi connectivity index (χ1) is 23.9. The molecule has 6 rings (SSSR count). The Morgan fingerprint density at radius 2 is 1.16 bits per heavy atom. The van der Waals surface area contributed by atoms with E-state index >= 15 is 0 Å². The summed E-state index contributed by atoms with van der Waals surface area (Å²) in [6.07, 6.45) is 24.5. The van der Waals surface area contributed by atoms with E-state index in [1.807, 2.05) is 0 Å². The highest BCUT2D eigenvalue weighted by molar-refractivity contribution is 7.80. The number of carboxylic acids is 1. The minimum atomic E-state index is -1.39. The van der Waals surface area contributed by atoms with Crippen molar-refractivity contribution in [2.75, 3.05) is 6.61 Å². The normalized spacial score (nSPS) is 39.2. The standard InChI is InChI=1S/C39H64O9S/c40-38(41)36-24-29(27-9-5-2-6-10-27)11-21-35(36)39(42)47-32-17-19-34(20-18-32)49(44)48-33-15-13-31(14-16-33)46-37-22-12-28(23-30(37)25-45-43)26-7-3-1-4-8-26/h26-37,43H,1-25H2,(H,40,41). The number of carbonyl (C=O) groups is 2. The van der Waals surface area contributed by atoms with Crippen LogP contribution in [0.5, 0.6) is 0 Å². The zero-order chi connectivity index (χ0) is 34.2. The zero-order valence-corrected chi connectivity index (χ0v) is 30.6. The number of aliphatic carboxylic acids is 1. The number of carbonyl (C=O) groups excluding carboxylic acids is 1. The molecular formula is C39H64O9S. The van der Waals surface area contributed by atoms with Gasteiger partial charge in [0.25, 0.3) is 0 Å². The molecule has 7 unspecified atom stereocenters. The molecule has 6 aliphatic rings. The third-order valence-electron chi connectivity index (χ3n) is 13.8. The summed E-state index contributed by atoms with van der Waals surface area (Å²) >= 11 is -1.39. The van der Waals surface area contributed by atoms with Gasteiger partial charge in [-0.15, -0.1) is 0 Å². The van der Waals surface area contributed by atoms with Crippen LogP contribution in [0.1, 0.15) is 154 Å². The average Bonchev–Trinajstić information content (AvgIpc) is 3.14. The van der Waals surface area contributed by atoms with Gasteiger partial charge in [0, 0.05) is 5.92 Å². The summed E-state index contributed by atoms with van der Waals surface area (Å²) < 4.78 is 31.9. The van der Waals surface area contributed by atoms with Gasteiger partial charge in [0.15, 0.2) is 11.1 Å². The van der Waals surface area contributed by atoms with Crippen LogP contribution in [0.15, 0.2) is 0 Å². The van der Waals surface area contributed by atoms with Gasteiger partial charge in [0.1, 0.15) is 6.10 Å². The fraction of sp³-hybridized carbons (Fsp3) is 0.949. The Morgan fingerprint density at radius 1 is 0.592 bits per heavy atom. The molecule has 0 saturated heterocycles. The Kier molecular flexibility index (Phi) is 14.3. The first-order valence-electron chi connectivity index (χ1n) is 20.3. The van der Waals surface area contributed by atoms with Crippen LogP contribution < -0.4 is 0 Å². The van der Waals surface area contributed by atoms with Gasteiger partial charge in [-0.05, 0) is 114 Å². The number of carboxylic acid groups (broad SMARTS) is 1. The monoisotopic (exact) mass is 708 g/mol. The van der Waals surface area contributed by atoms with Crippen LogP contribution in [0.2, 0.25) is 0 Å². The Morgan fingerprint density at radius 3 is 1.78 bits per heavy atom. The molecule has 6 saturated carbocycles. The van der Waals surface area contributed by atoms with Crippen LogP contribution >= 0.6 is 0 Å². The van der Waals surface area contributed by atoms with Crippen molar-refractivity contribution >= 4 is 23.0 Å². The van der Waals surface area contributed by atoms with Crippen LogP contribution in [0.3, 0.4) is 0 Å². The molecule has 7 atom stereocenters. The van der Waals surface area contributed by atoms with Crippen molar-refractivity contribution in [3.05, 3.63) is 0 Å². The molecule has 280 valence electrons. The van der Waals surface area contributed by atoms with Gasteiger partial charge >= 0.3 is 11.9 Å². The summed E-state index contributed by atoms with van der Waals surface area (Å²) in [6.45, 7) is 0.344. The summed E-state index contributed by atoms with van der Waals surface area (Å²) in [5, 5.41) is 19.2. The quantitative estimate of drug-likeness (QED) is 0.117. The average molecular weight is 709 g/mol. The summed E-state index contributed by atoms with van der Waals surface area (Å²) in [5.41, 5.74) is 0. The largest absolute Gasteiger partial charge is 0.481 e. The lowest BCUT2D eigenvalue weighted by Crippen LogP contribution is -2.41. The lowest BCUT2D eigenvalue weighted by Gasteiger charge is -2.42. The second-order valence-electron chi connectivity index (χ2n) is 16.8. The van der Waals surface area contributed by atoms with Crippen molar-refractivity contribution in [1.82, 2.24) is 0 Å². The van der Waals surface area contributed by atoms with E-state index in [2.05, 4.69) is 4.89 Å². The molecule has 2 N–H and O–H groups in total. The number of ether oxygens (including phenoxy) is 2. The van der Waals surface area contributed by atoms with Gasteiger partial charge in [-0.2, -0.15) is 0 Å². The van der Waals surface area contributed by atoms with Gasteiger partial charge in [0.05, 0.1) is 42.0 Å². The lowest BCUT2D eigenvalue weighted by molar-refractivity contribution is -0.262. The van der Waals surface area contributed by atoms with Crippen molar-refractivity contribution in [1.29, 1.82) is 0 Å². The summed E-state index contributed by atoms with van der Waals surface area (Å²) in [6, 6.07) is 0. The fourth-order valence-corrected chi connectivity index (χ4v) is 12.1. The van der Waals surface area contributed by atoms with E-state index < -0.39 is 28.9 Å². The minimum Gasteiger partial charge on any atom is -0.481 e. The van der Waals surface area contributed by atoms with Gasteiger partial charge in [-0.1, -0.05) is 64.2 Å². The molecular weight excluding hydrogens is 644 g/mol. The predicted octanol–water partition coefficient (Wildman–Crippen LogP) is 8.40. The van der Waals surface area contributed by atoms with Crippen molar-refractivity contribution in [3.63, 3.8) is 0 Å². The van der Waals surface area contributed by atoms with E-state index in [1.165, 1.54) is 70.6 Å². The van der Waals surface area contributed by atoms with Crippen molar-refractivity contribution in [3.8, 4) is 0 Å². The second kappa shape index (κ2) is 18.6. The van der Waals surface area contributed by atoms with E-state index in [0.717, 1.165) is 56.8 Å². The molecule has 0 aromatic heterocycles. The lowest BCUT2D eigenvalue weighted by atomic mass is 9.67. The molecule has 9 nitrogen and oxygen atoms in total. The van der Waals surface area contributed by atoms with Crippen LogP contribution in [-0.4, -0.2) is 62.8 Å². The molecule has 0 spiro atoms. The number of hydrogen-bond donors (Lipinski definition) is 2. The summed E-state index contributed by atoms with van der Waals surface area (Å²) in [4.78, 5) is 30.1. The summed E-state index contributed by atoms with van der Waals surface area (Å²) in [5.74, 6) is 0.382. The second-order valence-corrected chi connectivity index (χ2v) is 18.2. The highest BCUT2D eigenvalue weighted by atomic mass is 32.2. The van der Waals surface area contributed by atoms with E-state index in [-0.39, 0.29) is 41.6 Å². The Labute approximate surface area is 296 Å². The highest BCUT2D eigenvalue weighted by Gasteiger charge is 2.44. The smallest absolute Gasteiger partial charge is 0.310 e. The van der Waals surface area contributed by atoms with E-state index in [1.54, 1.807) is 0 Å². The minimum absolute atomic E-state index is 0.0356. The molecule has 0 heterocycles. The Bertz CT molecular complexity index is 1060. The van der Waals surface area contributed by atoms with Crippen LogP contribution in [0, 0.1) is 41.4 Å². The SMILES string of the molecule is O=C(O)C1CC(C2CCCCC2)CCC1C(=O)OC1CCC(S(=O)OC2CCC(OC3CCC(C4CCCCC4)CC3COO)CC2)CC1. The van der Waals surface area contributed by atoms with Crippen LogP contribution in [0.4, 0.5) is 0 Å². The Balaban J connectivity index is 0.883. The molecule has 0 amide bonds. The molecule has 0 bridgehead atoms. The fourth-order valence-electron chi connectivity index (χ4n) is 10.9. The van der Waals surface area contributed by atoms with Gasteiger partial charge in [0.2, 0.25) is 0 Å². The molecule has 49 heavy (non-hydrogen) atoms. The summed E-state index contributed by atoms with van der Waals surface area (Å²) in [7, 11) is 0. The Hall–Kier alpha value is -1.07. The van der Waals surface area contributed by atoms with Crippen LogP contribution in [-0.2, 0) is 39.2 Å². The maximum absolute atomic E-state index is 13.2. The van der Waals surface area contributed by atoms with Crippen molar-refractivity contribution in [2.45, 2.75) is 184 Å². The molecule has 0 aromatic carbocycles. The van der Waals surface area contributed by atoms with Crippen molar-refractivity contribution in [2.24, 2.45) is 41.4 Å². The zero-order valence-electron chi connectivity index (χ0n) is 29.8. The van der Waals surface area contributed by atoms with Gasteiger partial charge in [-0.25, -0.2) is 9.10 Å². The van der Waals surface area contributed by atoms with E-state index in [4.69, 9.17) is 13.7 Å². The predicted molar refractivity (Wildman–Crippen MR) is 187 cm³/mol. The third-order valence-corrected chi connectivity index (χ3v) is 15.3. The van der Waals surface area contributed by atoms with Gasteiger partial charge in [-0.3, -0.25) is 19.0 Å². The van der Waals surface area contributed by atoms with Crippen LogP contribution in [0.25, 0.3) is 0 Å². The number of rotatable bonds is 12. The number of esters is 1. The van der Waals surface area contributed by atoms with E-state index in [0.29, 0.717) is 57.0 Å². The first-order valence-corrected chi connectivity index (χ1v) is 21.4. The van der Waals surface area contributed by atoms with Gasteiger partial charge < -0.3 is 14.6 Å². The maximum Gasteiger partial charge on any atom is 0.310 e. The highest BCUT2D eigenvalue weighted by Crippen LogP contribution is 2.44. The molecule has 0 aromatic rings. The maximum atomic E-state index is 13.2. The molecule has 0 radical (unpaired) electrons.